The topological polar surface area (TPSA) is 133 Å². The molecule has 0 bridgehead atoms. The van der Waals surface area contributed by atoms with Crippen molar-refractivity contribution in [1.29, 1.82) is 0 Å². The highest BCUT2D eigenvalue weighted by Gasteiger charge is 2.24. The number of carboxylic acid groups (broad SMARTS) is 2. The van der Waals surface area contributed by atoms with Crippen LogP contribution in [0.4, 0.5) is 0 Å². The maximum atomic E-state index is 12.2. The van der Waals surface area contributed by atoms with Gasteiger partial charge >= 0.3 is 11.9 Å². The molecule has 0 saturated heterocycles. The van der Waals surface area contributed by atoms with E-state index in [9.17, 15) is 24.3 Å². The molecule has 4 N–H and O–H groups in total. The molecule has 8 heteroatoms. The molecule has 0 aliphatic heterocycles. The largest absolute Gasteiger partial charge is 0.481 e. The monoisotopic (exact) mass is 378 g/mol. The minimum absolute atomic E-state index is 0.116. The van der Waals surface area contributed by atoms with E-state index in [2.05, 4.69) is 10.6 Å². The third-order valence-electron chi connectivity index (χ3n) is 3.89. The van der Waals surface area contributed by atoms with Gasteiger partial charge in [-0.3, -0.25) is 14.4 Å². The van der Waals surface area contributed by atoms with Crippen LogP contribution in [-0.4, -0.2) is 46.6 Å². The standard InChI is InChI=1S/C19H26N2O6/c1-12(2)8-14(10-17(23)24)18(25)20-11-16(22)21-15(19(26)27)9-13-6-4-3-5-7-13/h3-7,12,14-15H,8-11H2,1-2H3,(H,20,25)(H,21,22)(H,23,24)(H,26,27)/t14?,15-/m0/s1. The molecule has 148 valence electrons. The number of benzene rings is 1. The summed E-state index contributed by atoms with van der Waals surface area (Å²) in [6.45, 7) is 3.33. The predicted octanol–water partition coefficient (Wildman–Crippen LogP) is 1.05. The molecule has 2 amide bonds. The van der Waals surface area contributed by atoms with Crippen molar-refractivity contribution in [2.75, 3.05) is 6.54 Å². The Hall–Kier alpha value is -2.90. The zero-order valence-electron chi connectivity index (χ0n) is 15.5. The lowest BCUT2D eigenvalue weighted by molar-refractivity contribution is -0.142. The van der Waals surface area contributed by atoms with Gasteiger partial charge in [0.2, 0.25) is 11.8 Å². The highest BCUT2D eigenvalue weighted by molar-refractivity contribution is 5.89. The molecule has 0 saturated carbocycles. The minimum Gasteiger partial charge on any atom is -0.481 e. The molecule has 0 fully saturated rings. The second kappa shape index (κ2) is 10.9. The van der Waals surface area contributed by atoms with Gasteiger partial charge in [-0.25, -0.2) is 4.79 Å². The van der Waals surface area contributed by atoms with Gasteiger partial charge in [0.05, 0.1) is 13.0 Å². The molecule has 0 aliphatic rings. The quantitative estimate of drug-likeness (QED) is 0.455. The summed E-state index contributed by atoms with van der Waals surface area (Å²) in [6.07, 6.45) is 0.174. The summed E-state index contributed by atoms with van der Waals surface area (Å²) >= 11 is 0. The molecular weight excluding hydrogens is 352 g/mol. The van der Waals surface area contributed by atoms with Gasteiger partial charge in [0, 0.05) is 12.3 Å². The highest BCUT2D eigenvalue weighted by Crippen LogP contribution is 2.15. The Morgan fingerprint density at radius 2 is 1.67 bits per heavy atom. The Kier molecular flexibility index (Phi) is 8.98. The number of carbonyl (C=O) groups is 4. The Morgan fingerprint density at radius 3 is 2.19 bits per heavy atom. The molecule has 1 rings (SSSR count). The van der Waals surface area contributed by atoms with Gasteiger partial charge in [0.25, 0.3) is 0 Å². The number of aliphatic carboxylic acids is 2. The fraction of sp³-hybridized carbons (Fsp3) is 0.474. The smallest absolute Gasteiger partial charge is 0.326 e. The van der Waals surface area contributed by atoms with Crippen molar-refractivity contribution >= 4 is 23.8 Å². The summed E-state index contributed by atoms with van der Waals surface area (Å²) < 4.78 is 0. The molecule has 1 unspecified atom stereocenters. The lowest BCUT2D eigenvalue weighted by Gasteiger charge is -2.18. The van der Waals surface area contributed by atoms with E-state index in [1.165, 1.54) is 0 Å². The van der Waals surface area contributed by atoms with Gasteiger partial charge in [0.1, 0.15) is 6.04 Å². The molecule has 2 atom stereocenters. The fourth-order valence-electron chi connectivity index (χ4n) is 2.67. The molecule has 8 nitrogen and oxygen atoms in total. The van der Waals surface area contributed by atoms with Crippen LogP contribution in [0.2, 0.25) is 0 Å². The molecular formula is C19H26N2O6. The van der Waals surface area contributed by atoms with Crippen molar-refractivity contribution in [1.82, 2.24) is 10.6 Å². The molecule has 1 aromatic carbocycles. The van der Waals surface area contributed by atoms with Gasteiger partial charge < -0.3 is 20.8 Å². The van der Waals surface area contributed by atoms with Crippen molar-refractivity contribution < 1.29 is 29.4 Å². The number of amides is 2. The lowest BCUT2D eigenvalue weighted by atomic mass is 9.93. The van der Waals surface area contributed by atoms with E-state index in [1.807, 2.05) is 13.8 Å². The molecule has 0 radical (unpaired) electrons. The zero-order chi connectivity index (χ0) is 20.4. The van der Waals surface area contributed by atoms with Crippen molar-refractivity contribution in [3.8, 4) is 0 Å². The first-order chi connectivity index (χ1) is 12.7. The van der Waals surface area contributed by atoms with E-state index in [0.29, 0.717) is 6.42 Å². The van der Waals surface area contributed by atoms with Crippen LogP contribution in [0.15, 0.2) is 30.3 Å². The number of hydrogen-bond donors (Lipinski definition) is 4. The zero-order valence-corrected chi connectivity index (χ0v) is 15.5. The predicted molar refractivity (Wildman–Crippen MR) is 97.9 cm³/mol. The van der Waals surface area contributed by atoms with Crippen molar-refractivity contribution in [2.24, 2.45) is 11.8 Å². The van der Waals surface area contributed by atoms with Crippen LogP contribution < -0.4 is 10.6 Å². The number of hydrogen-bond acceptors (Lipinski definition) is 4. The fourth-order valence-corrected chi connectivity index (χ4v) is 2.67. The summed E-state index contributed by atoms with van der Waals surface area (Å²) in [5.41, 5.74) is 0.757. The van der Waals surface area contributed by atoms with Crippen LogP contribution in [0.25, 0.3) is 0 Å². The summed E-state index contributed by atoms with van der Waals surface area (Å²) in [5, 5.41) is 23.0. The van der Waals surface area contributed by atoms with Crippen LogP contribution in [0.1, 0.15) is 32.3 Å². The average Bonchev–Trinajstić information content (AvgIpc) is 2.58. The lowest BCUT2D eigenvalue weighted by Crippen LogP contribution is -2.47. The highest BCUT2D eigenvalue weighted by atomic mass is 16.4. The second-order valence-electron chi connectivity index (χ2n) is 6.79. The molecule has 1 aromatic rings. The Morgan fingerprint density at radius 1 is 1.04 bits per heavy atom. The third-order valence-corrected chi connectivity index (χ3v) is 3.89. The van der Waals surface area contributed by atoms with E-state index < -0.39 is 42.3 Å². The molecule has 0 aliphatic carbocycles. The first-order valence-electron chi connectivity index (χ1n) is 8.74. The first kappa shape index (κ1) is 22.1. The van der Waals surface area contributed by atoms with E-state index >= 15 is 0 Å². The molecule has 27 heavy (non-hydrogen) atoms. The van der Waals surface area contributed by atoms with Gasteiger partial charge in [0.15, 0.2) is 0 Å². The number of carbonyl (C=O) groups excluding carboxylic acids is 2. The summed E-state index contributed by atoms with van der Waals surface area (Å²) in [4.78, 5) is 46.4. The van der Waals surface area contributed by atoms with Crippen molar-refractivity contribution in [2.45, 2.75) is 39.2 Å². The van der Waals surface area contributed by atoms with Crippen LogP contribution in [0.3, 0.4) is 0 Å². The van der Waals surface area contributed by atoms with E-state index in [1.54, 1.807) is 30.3 Å². The SMILES string of the molecule is CC(C)CC(CC(=O)O)C(=O)NCC(=O)N[C@@H](Cc1ccccc1)C(=O)O. The normalized spacial score (nSPS) is 12.9. The number of nitrogens with one attached hydrogen (secondary N) is 2. The van der Waals surface area contributed by atoms with Gasteiger partial charge in [-0.15, -0.1) is 0 Å². The van der Waals surface area contributed by atoms with Crippen LogP contribution in [0, 0.1) is 11.8 Å². The second-order valence-corrected chi connectivity index (χ2v) is 6.79. The average molecular weight is 378 g/mol. The number of rotatable bonds is 11. The van der Waals surface area contributed by atoms with E-state index in [-0.39, 0.29) is 18.8 Å². The summed E-state index contributed by atoms with van der Waals surface area (Å²) in [6, 6.07) is 7.74. The minimum atomic E-state index is -1.18. The van der Waals surface area contributed by atoms with Gasteiger partial charge in [-0.2, -0.15) is 0 Å². The Bertz CT molecular complexity index is 659. The van der Waals surface area contributed by atoms with Crippen molar-refractivity contribution in [3.05, 3.63) is 35.9 Å². The summed E-state index contributed by atoms with van der Waals surface area (Å²) in [5.74, 6) is -4.07. The van der Waals surface area contributed by atoms with Gasteiger partial charge in [-0.05, 0) is 17.9 Å². The Labute approximate surface area is 158 Å². The third kappa shape index (κ3) is 8.84. The summed E-state index contributed by atoms with van der Waals surface area (Å²) in [7, 11) is 0. The first-order valence-corrected chi connectivity index (χ1v) is 8.74. The molecule has 0 aromatic heterocycles. The number of carboxylic acids is 2. The van der Waals surface area contributed by atoms with Crippen LogP contribution >= 0.6 is 0 Å². The molecule has 0 spiro atoms. The molecule has 0 heterocycles. The van der Waals surface area contributed by atoms with Gasteiger partial charge in [-0.1, -0.05) is 44.2 Å². The van der Waals surface area contributed by atoms with Crippen LogP contribution in [0.5, 0.6) is 0 Å². The van der Waals surface area contributed by atoms with E-state index in [4.69, 9.17) is 5.11 Å². The van der Waals surface area contributed by atoms with Crippen LogP contribution in [-0.2, 0) is 25.6 Å². The van der Waals surface area contributed by atoms with Crippen molar-refractivity contribution in [3.63, 3.8) is 0 Å². The maximum Gasteiger partial charge on any atom is 0.326 e. The Balaban J connectivity index is 2.58. The maximum absolute atomic E-state index is 12.2. The van der Waals surface area contributed by atoms with E-state index in [0.717, 1.165) is 5.56 Å².